The van der Waals surface area contributed by atoms with Gasteiger partial charge in [-0.25, -0.2) is 4.39 Å². The number of aryl methyl sites for hydroxylation is 1. The summed E-state index contributed by atoms with van der Waals surface area (Å²) >= 11 is 3.37. The first-order valence-electron chi connectivity index (χ1n) is 5.92. The van der Waals surface area contributed by atoms with Crippen LogP contribution in [-0.4, -0.2) is 13.2 Å². The van der Waals surface area contributed by atoms with E-state index >= 15 is 0 Å². The van der Waals surface area contributed by atoms with Gasteiger partial charge in [-0.3, -0.25) is 0 Å². The first kappa shape index (κ1) is 13.9. The standard InChI is InChI=1S/C15H14BrFO2/c1-11-5-6-14(10-15(11)17)19-8-7-18-13-4-2-3-12(16)9-13/h2-6,9-10H,7-8H2,1H3. The van der Waals surface area contributed by atoms with Crippen molar-refractivity contribution in [2.24, 2.45) is 0 Å². The Kier molecular flexibility index (Phi) is 4.80. The topological polar surface area (TPSA) is 18.5 Å². The van der Waals surface area contributed by atoms with E-state index in [1.807, 2.05) is 24.3 Å². The molecule has 0 saturated carbocycles. The van der Waals surface area contributed by atoms with Gasteiger partial charge >= 0.3 is 0 Å². The molecule has 4 heteroatoms. The van der Waals surface area contributed by atoms with E-state index in [-0.39, 0.29) is 5.82 Å². The molecule has 0 aliphatic rings. The third kappa shape index (κ3) is 4.24. The number of hydrogen-bond donors (Lipinski definition) is 0. The van der Waals surface area contributed by atoms with Crippen molar-refractivity contribution in [1.29, 1.82) is 0 Å². The van der Waals surface area contributed by atoms with Crippen molar-refractivity contribution in [2.45, 2.75) is 6.92 Å². The van der Waals surface area contributed by atoms with Gasteiger partial charge in [0.25, 0.3) is 0 Å². The van der Waals surface area contributed by atoms with E-state index in [0.717, 1.165) is 10.2 Å². The smallest absolute Gasteiger partial charge is 0.129 e. The van der Waals surface area contributed by atoms with Crippen molar-refractivity contribution in [3.63, 3.8) is 0 Å². The predicted octanol–water partition coefficient (Wildman–Crippen LogP) is 4.35. The molecular formula is C15H14BrFO2. The minimum Gasteiger partial charge on any atom is -0.490 e. The van der Waals surface area contributed by atoms with E-state index in [1.54, 1.807) is 19.1 Å². The maximum Gasteiger partial charge on any atom is 0.129 e. The van der Waals surface area contributed by atoms with Gasteiger partial charge in [-0.2, -0.15) is 0 Å². The summed E-state index contributed by atoms with van der Waals surface area (Å²) in [6, 6.07) is 12.4. The fourth-order valence-electron chi connectivity index (χ4n) is 1.54. The monoisotopic (exact) mass is 324 g/mol. The SMILES string of the molecule is Cc1ccc(OCCOc2cccc(Br)c2)cc1F. The van der Waals surface area contributed by atoms with Crippen molar-refractivity contribution in [2.75, 3.05) is 13.2 Å². The number of halogens is 2. The average Bonchev–Trinajstić information content (AvgIpc) is 2.39. The molecule has 19 heavy (non-hydrogen) atoms. The van der Waals surface area contributed by atoms with Crippen molar-refractivity contribution < 1.29 is 13.9 Å². The van der Waals surface area contributed by atoms with Gasteiger partial charge in [0.15, 0.2) is 0 Å². The van der Waals surface area contributed by atoms with Crippen LogP contribution in [0, 0.1) is 12.7 Å². The lowest BCUT2D eigenvalue weighted by atomic mass is 10.2. The summed E-state index contributed by atoms with van der Waals surface area (Å²) in [6.45, 7) is 2.50. The summed E-state index contributed by atoms with van der Waals surface area (Å²) in [5.41, 5.74) is 0.609. The molecule has 100 valence electrons. The Morgan fingerprint density at radius 1 is 1.00 bits per heavy atom. The lowest BCUT2D eigenvalue weighted by molar-refractivity contribution is 0.216. The second kappa shape index (κ2) is 6.57. The second-order valence-corrected chi connectivity index (χ2v) is 4.98. The van der Waals surface area contributed by atoms with E-state index in [2.05, 4.69) is 15.9 Å². The van der Waals surface area contributed by atoms with Gasteiger partial charge in [0.05, 0.1) is 0 Å². The number of hydrogen-bond acceptors (Lipinski definition) is 2. The van der Waals surface area contributed by atoms with Crippen LogP contribution in [-0.2, 0) is 0 Å². The quantitative estimate of drug-likeness (QED) is 0.761. The molecule has 0 saturated heterocycles. The lowest BCUT2D eigenvalue weighted by Crippen LogP contribution is -2.09. The van der Waals surface area contributed by atoms with Crippen LogP contribution in [0.4, 0.5) is 4.39 Å². The molecule has 0 atom stereocenters. The zero-order valence-electron chi connectivity index (χ0n) is 10.5. The third-order valence-corrected chi connectivity index (χ3v) is 3.05. The van der Waals surface area contributed by atoms with Gasteiger partial charge in [-0.05, 0) is 36.8 Å². The first-order chi connectivity index (χ1) is 9.15. The predicted molar refractivity (Wildman–Crippen MR) is 76.3 cm³/mol. The molecule has 0 radical (unpaired) electrons. The minimum absolute atomic E-state index is 0.259. The maximum atomic E-state index is 13.3. The van der Waals surface area contributed by atoms with Gasteiger partial charge in [0.1, 0.15) is 30.5 Å². The summed E-state index contributed by atoms with van der Waals surface area (Å²) in [5.74, 6) is 1.03. The zero-order valence-corrected chi connectivity index (χ0v) is 12.1. The van der Waals surface area contributed by atoms with Crippen LogP contribution in [0.3, 0.4) is 0 Å². The summed E-state index contributed by atoms with van der Waals surface area (Å²) < 4.78 is 25.2. The van der Waals surface area contributed by atoms with Gasteiger partial charge in [-0.1, -0.05) is 28.1 Å². The number of ether oxygens (including phenoxy) is 2. The van der Waals surface area contributed by atoms with Crippen LogP contribution in [0.15, 0.2) is 46.9 Å². The average molecular weight is 325 g/mol. The Hall–Kier alpha value is -1.55. The molecule has 0 N–H and O–H groups in total. The highest BCUT2D eigenvalue weighted by Crippen LogP contribution is 2.18. The van der Waals surface area contributed by atoms with Gasteiger partial charge in [0.2, 0.25) is 0 Å². The summed E-state index contributed by atoms with van der Waals surface area (Å²) in [4.78, 5) is 0. The Morgan fingerprint density at radius 3 is 2.32 bits per heavy atom. The molecule has 0 aliphatic heterocycles. The molecular weight excluding hydrogens is 311 g/mol. The van der Waals surface area contributed by atoms with Crippen molar-refractivity contribution in [3.05, 3.63) is 58.3 Å². The second-order valence-electron chi connectivity index (χ2n) is 4.07. The molecule has 0 heterocycles. The number of rotatable bonds is 5. The Bertz CT molecular complexity index is 558. The van der Waals surface area contributed by atoms with E-state index in [9.17, 15) is 4.39 Å². The van der Waals surface area contributed by atoms with Crippen LogP contribution in [0.2, 0.25) is 0 Å². The van der Waals surface area contributed by atoms with Crippen LogP contribution in [0.1, 0.15) is 5.56 Å². The van der Waals surface area contributed by atoms with E-state index in [1.165, 1.54) is 6.07 Å². The molecule has 0 aromatic heterocycles. The number of benzene rings is 2. The molecule has 0 unspecified atom stereocenters. The van der Waals surface area contributed by atoms with Crippen molar-refractivity contribution in [1.82, 2.24) is 0 Å². The van der Waals surface area contributed by atoms with Gasteiger partial charge in [0, 0.05) is 10.5 Å². The molecule has 2 aromatic carbocycles. The van der Waals surface area contributed by atoms with E-state index in [4.69, 9.17) is 9.47 Å². The maximum absolute atomic E-state index is 13.3. The van der Waals surface area contributed by atoms with E-state index in [0.29, 0.717) is 24.5 Å². The van der Waals surface area contributed by atoms with Gasteiger partial charge in [-0.15, -0.1) is 0 Å². The minimum atomic E-state index is -0.259. The molecule has 2 aromatic rings. The normalized spacial score (nSPS) is 10.3. The fourth-order valence-corrected chi connectivity index (χ4v) is 1.92. The van der Waals surface area contributed by atoms with E-state index < -0.39 is 0 Å². The summed E-state index contributed by atoms with van der Waals surface area (Å²) in [6.07, 6.45) is 0. The van der Waals surface area contributed by atoms with Crippen LogP contribution >= 0.6 is 15.9 Å². The summed E-state index contributed by atoms with van der Waals surface area (Å²) in [5, 5.41) is 0. The highest BCUT2D eigenvalue weighted by Gasteiger charge is 2.00. The van der Waals surface area contributed by atoms with Crippen molar-refractivity contribution in [3.8, 4) is 11.5 Å². The molecule has 2 rings (SSSR count). The zero-order chi connectivity index (χ0) is 13.7. The third-order valence-electron chi connectivity index (χ3n) is 2.56. The van der Waals surface area contributed by atoms with Gasteiger partial charge < -0.3 is 9.47 Å². The largest absolute Gasteiger partial charge is 0.490 e. The Labute approximate surface area is 120 Å². The highest BCUT2D eigenvalue weighted by atomic mass is 79.9. The lowest BCUT2D eigenvalue weighted by Gasteiger charge is -2.09. The fraction of sp³-hybridized carbons (Fsp3) is 0.200. The molecule has 0 aliphatic carbocycles. The summed E-state index contributed by atoms with van der Waals surface area (Å²) in [7, 11) is 0. The Balaban J connectivity index is 1.79. The van der Waals surface area contributed by atoms with Crippen LogP contribution in [0.25, 0.3) is 0 Å². The first-order valence-corrected chi connectivity index (χ1v) is 6.72. The Morgan fingerprint density at radius 2 is 1.68 bits per heavy atom. The molecule has 0 fully saturated rings. The molecule has 0 amide bonds. The molecule has 2 nitrogen and oxygen atoms in total. The molecule has 0 bridgehead atoms. The van der Waals surface area contributed by atoms with Crippen LogP contribution in [0.5, 0.6) is 11.5 Å². The molecule has 0 spiro atoms. The van der Waals surface area contributed by atoms with Crippen molar-refractivity contribution >= 4 is 15.9 Å². The highest BCUT2D eigenvalue weighted by molar-refractivity contribution is 9.10. The van der Waals surface area contributed by atoms with Crippen LogP contribution < -0.4 is 9.47 Å².